The minimum absolute atomic E-state index is 0.305. The van der Waals surface area contributed by atoms with Crippen LogP contribution in [0.1, 0.15) is 55.2 Å². The van der Waals surface area contributed by atoms with Gasteiger partial charge in [0.25, 0.3) is 0 Å². The van der Waals surface area contributed by atoms with E-state index in [-0.39, 0.29) is 5.82 Å². The highest BCUT2D eigenvalue weighted by Crippen LogP contribution is 2.35. The van der Waals surface area contributed by atoms with Gasteiger partial charge < -0.3 is 4.42 Å². The predicted molar refractivity (Wildman–Crippen MR) is 101 cm³/mol. The number of benzene rings is 1. The highest BCUT2D eigenvalue weighted by molar-refractivity contribution is 5.80. The van der Waals surface area contributed by atoms with E-state index in [2.05, 4.69) is 15.1 Å². The SMILES string of the molecule is Cc1cn2nc(-c3cc(F)c4nc(C5CCCCC5)oc4c3)cc(C)c2n1. The largest absolute Gasteiger partial charge is 0.440 e. The number of nitrogens with zero attached hydrogens (tertiary/aromatic N) is 4. The number of hydrogen-bond donors (Lipinski definition) is 0. The first-order valence-electron chi connectivity index (χ1n) is 9.52. The Balaban J connectivity index is 1.61. The van der Waals surface area contributed by atoms with Gasteiger partial charge in [-0.2, -0.15) is 5.10 Å². The minimum atomic E-state index is -0.366. The second-order valence-electron chi connectivity index (χ2n) is 7.55. The average Bonchev–Trinajstić information content (AvgIpc) is 3.26. The van der Waals surface area contributed by atoms with Crippen LogP contribution in [0.25, 0.3) is 28.0 Å². The number of aromatic nitrogens is 4. The summed E-state index contributed by atoms with van der Waals surface area (Å²) in [5.74, 6) is 0.611. The molecule has 138 valence electrons. The molecule has 5 rings (SSSR count). The molecule has 1 aliphatic rings. The van der Waals surface area contributed by atoms with Crippen molar-refractivity contribution >= 4 is 16.7 Å². The Morgan fingerprint density at radius 2 is 1.89 bits per heavy atom. The van der Waals surface area contributed by atoms with Gasteiger partial charge in [-0.05, 0) is 50.5 Å². The average molecular weight is 364 g/mol. The second-order valence-corrected chi connectivity index (χ2v) is 7.55. The third-order valence-corrected chi connectivity index (χ3v) is 5.44. The summed E-state index contributed by atoms with van der Waals surface area (Å²) in [4.78, 5) is 8.93. The molecule has 1 saturated carbocycles. The molecule has 0 aliphatic heterocycles. The van der Waals surface area contributed by atoms with Crippen molar-refractivity contribution in [1.82, 2.24) is 19.6 Å². The molecular weight excluding hydrogens is 343 g/mol. The Bertz CT molecular complexity index is 1150. The lowest BCUT2D eigenvalue weighted by Crippen LogP contribution is -2.04. The van der Waals surface area contributed by atoms with Gasteiger partial charge in [-0.1, -0.05) is 19.3 Å². The molecule has 0 unspecified atom stereocenters. The van der Waals surface area contributed by atoms with Crippen LogP contribution in [0.3, 0.4) is 0 Å². The van der Waals surface area contributed by atoms with Gasteiger partial charge >= 0.3 is 0 Å². The Kier molecular flexibility index (Phi) is 3.74. The third-order valence-electron chi connectivity index (χ3n) is 5.44. The summed E-state index contributed by atoms with van der Waals surface area (Å²) >= 11 is 0. The van der Waals surface area contributed by atoms with E-state index in [9.17, 15) is 4.39 Å². The van der Waals surface area contributed by atoms with Crippen molar-refractivity contribution in [2.75, 3.05) is 0 Å². The molecule has 0 N–H and O–H groups in total. The first-order valence-corrected chi connectivity index (χ1v) is 9.52. The fourth-order valence-corrected chi connectivity index (χ4v) is 4.06. The molecule has 4 aromatic rings. The summed E-state index contributed by atoms with van der Waals surface area (Å²) in [6.45, 7) is 3.91. The van der Waals surface area contributed by atoms with E-state index in [4.69, 9.17) is 4.42 Å². The summed E-state index contributed by atoms with van der Waals surface area (Å²) in [6.07, 6.45) is 7.64. The van der Waals surface area contributed by atoms with Gasteiger partial charge in [-0.25, -0.2) is 18.9 Å². The quantitative estimate of drug-likeness (QED) is 0.482. The van der Waals surface area contributed by atoms with Crippen molar-refractivity contribution in [2.24, 2.45) is 0 Å². The molecule has 3 heterocycles. The van der Waals surface area contributed by atoms with Crippen LogP contribution in [0.4, 0.5) is 4.39 Å². The molecule has 3 aromatic heterocycles. The summed E-state index contributed by atoms with van der Waals surface area (Å²) in [5, 5.41) is 4.60. The van der Waals surface area contributed by atoms with Gasteiger partial charge in [0.05, 0.1) is 17.6 Å². The molecular formula is C21H21FN4O. The van der Waals surface area contributed by atoms with Gasteiger partial charge in [-0.15, -0.1) is 0 Å². The minimum Gasteiger partial charge on any atom is -0.440 e. The first-order chi connectivity index (χ1) is 13.1. The third kappa shape index (κ3) is 2.80. The lowest BCUT2D eigenvalue weighted by Gasteiger charge is -2.17. The molecule has 0 bridgehead atoms. The standard InChI is InChI=1S/C21H21FN4O/c1-12-8-17(25-26-11-13(2)23-20(12)26)15-9-16(22)19-18(10-15)27-21(24-19)14-6-4-3-5-7-14/h8-11,14H,3-7H2,1-2H3. The van der Waals surface area contributed by atoms with Gasteiger partial charge in [0, 0.05) is 11.5 Å². The number of rotatable bonds is 2. The second kappa shape index (κ2) is 6.15. The topological polar surface area (TPSA) is 56.2 Å². The van der Waals surface area contributed by atoms with Crippen molar-refractivity contribution in [3.8, 4) is 11.3 Å². The molecule has 0 atom stereocenters. The lowest BCUT2D eigenvalue weighted by molar-refractivity contribution is 0.373. The van der Waals surface area contributed by atoms with Crippen molar-refractivity contribution < 1.29 is 8.81 Å². The molecule has 1 aliphatic carbocycles. The van der Waals surface area contributed by atoms with Crippen LogP contribution < -0.4 is 0 Å². The van der Waals surface area contributed by atoms with E-state index in [0.717, 1.165) is 29.7 Å². The molecule has 0 amide bonds. The molecule has 6 heteroatoms. The smallest absolute Gasteiger partial charge is 0.198 e. The van der Waals surface area contributed by atoms with Gasteiger partial charge in [0.2, 0.25) is 0 Å². The van der Waals surface area contributed by atoms with Crippen LogP contribution in [0.2, 0.25) is 0 Å². The van der Waals surface area contributed by atoms with E-state index < -0.39 is 0 Å². The number of fused-ring (bicyclic) bond motifs is 2. The molecule has 27 heavy (non-hydrogen) atoms. The van der Waals surface area contributed by atoms with E-state index in [1.807, 2.05) is 32.2 Å². The zero-order chi connectivity index (χ0) is 18.5. The predicted octanol–water partition coefficient (Wildman–Crippen LogP) is 5.34. The van der Waals surface area contributed by atoms with Crippen molar-refractivity contribution in [2.45, 2.75) is 51.9 Å². The Hall–Kier alpha value is -2.76. The van der Waals surface area contributed by atoms with Gasteiger partial charge in [-0.3, -0.25) is 0 Å². The van der Waals surface area contributed by atoms with Crippen LogP contribution in [0.5, 0.6) is 0 Å². The van der Waals surface area contributed by atoms with Crippen LogP contribution in [-0.2, 0) is 0 Å². The number of imidazole rings is 1. The Morgan fingerprint density at radius 1 is 1.07 bits per heavy atom. The normalized spacial score (nSPS) is 15.8. The van der Waals surface area contributed by atoms with E-state index in [0.29, 0.717) is 34.2 Å². The Labute approximate surface area is 156 Å². The summed E-state index contributed by atoms with van der Waals surface area (Å²) in [6, 6.07) is 5.27. The maximum Gasteiger partial charge on any atom is 0.198 e. The van der Waals surface area contributed by atoms with Crippen molar-refractivity contribution in [1.29, 1.82) is 0 Å². The fraction of sp³-hybridized carbons (Fsp3) is 0.381. The number of oxazole rings is 1. The Morgan fingerprint density at radius 3 is 2.70 bits per heavy atom. The van der Waals surface area contributed by atoms with Crippen molar-refractivity contribution in [3.05, 3.63) is 47.4 Å². The molecule has 5 nitrogen and oxygen atoms in total. The molecule has 0 saturated heterocycles. The zero-order valence-corrected chi connectivity index (χ0v) is 15.5. The lowest BCUT2D eigenvalue weighted by atomic mass is 9.89. The molecule has 0 radical (unpaired) electrons. The number of hydrogen-bond acceptors (Lipinski definition) is 4. The van der Waals surface area contributed by atoms with Crippen LogP contribution >= 0.6 is 0 Å². The summed E-state index contributed by atoms with van der Waals surface area (Å²) < 4.78 is 22.5. The summed E-state index contributed by atoms with van der Waals surface area (Å²) in [7, 11) is 0. The molecule has 1 fully saturated rings. The maximum atomic E-state index is 14.8. The van der Waals surface area contributed by atoms with Crippen LogP contribution in [0.15, 0.2) is 28.8 Å². The number of halogens is 1. The molecule has 0 spiro atoms. The first kappa shape index (κ1) is 16.4. The van der Waals surface area contributed by atoms with Crippen LogP contribution in [0, 0.1) is 19.7 Å². The molecule has 1 aromatic carbocycles. The highest BCUT2D eigenvalue weighted by Gasteiger charge is 2.22. The van der Waals surface area contributed by atoms with E-state index in [1.54, 1.807) is 4.52 Å². The van der Waals surface area contributed by atoms with Crippen LogP contribution in [-0.4, -0.2) is 19.6 Å². The highest BCUT2D eigenvalue weighted by atomic mass is 19.1. The van der Waals surface area contributed by atoms with E-state index in [1.165, 1.54) is 25.3 Å². The van der Waals surface area contributed by atoms with E-state index >= 15 is 0 Å². The van der Waals surface area contributed by atoms with Crippen molar-refractivity contribution in [3.63, 3.8) is 0 Å². The van der Waals surface area contributed by atoms with Gasteiger partial charge in [0.1, 0.15) is 5.52 Å². The summed E-state index contributed by atoms with van der Waals surface area (Å²) in [5.41, 5.74) is 4.89. The van der Waals surface area contributed by atoms with Gasteiger partial charge in [0.15, 0.2) is 22.9 Å². The fourth-order valence-electron chi connectivity index (χ4n) is 4.06. The zero-order valence-electron chi connectivity index (χ0n) is 15.5. The number of aryl methyl sites for hydroxylation is 2. The monoisotopic (exact) mass is 364 g/mol. The maximum absolute atomic E-state index is 14.8.